The first-order valence-corrected chi connectivity index (χ1v) is 5.12. The van der Waals surface area contributed by atoms with Crippen LogP contribution in [-0.2, 0) is 0 Å². The highest BCUT2D eigenvalue weighted by Crippen LogP contribution is 2.41. The van der Waals surface area contributed by atoms with Gasteiger partial charge in [0.25, 0.3) is 0 Å². The predicted molar refractivity (Wildman–Crippen MR) is 51.2 cm³/mol. The topological polar surface area (TPSA) is 15.3 Å². The molecule has 0 saturated carbocycles. The Hall–Kier alpha value is -0.0800. The minimum absolute atomic E-state index is 0.667. The maximum absolute atomic E-state index is 3.48. The number of piperidine rings is 1. The minimum atomic E-state index is 0.667. The molecule has 1 N–H and O–H groups in total. The van der Waals surface area contributed by atoms with Crippen molar-refractivity contribution in [3.63, 3.8) is 0 Å². The molecule has 0 bridgehead atoms. The summed E-state index contributed by atoms with van der Waals surface area (Å²) >= 11 is 0. The summed E-state index contributed by atoms with van der Waals surface area (Å²) in [6.07, 6.45) is 2.81. The normalized spacial score (nSPS) is 44.0. The van der Waals surface area contributed by atoms with Crippen LogP contribution in [0.5, 0.6) is 0 Å². The monoisotopic (exact) mass is 168 g/mol. The second-order valence-electron chi connectivity index (χ2n) is 4.71. The first kappa shape index (κ1) is 8.52. The molecule has 0 radical (unpaired) electrons. The van der Waals surface area contributed by atoms with Gasteiger partial charge in [0.2, 0.25) is 0 Å². The van der Waals surface area contributed by atoms with E-state index < -0.39 is 0 Å². The Morgan fingerprint density at radius 2 is 2.25 bits per heavy atom. The van der Waals surface area contributed by atoms with Crippen LogP contribution in [0.15, 0.2) is 0 Å². The van der Waals surface area contributed by atoms with Gasteiger partial charge in [0.1, 0.15) is 0 Å². The van der Waals surface area contributed by atoms with Crippen LogP contribution in [0.2, 0.25) is 0 Å². The maximum Gasteiger partial charge on any atom is 0.00389 e. The lowest BCUT2D eigenvalue weighted by Crippen LogP contribution is -2.45. The second-order valence-corrected chi connectivity index (χ2v) is 4.71. The molecule has 2 aliphatic rings. The van der Waals surface area contributed by atoms with E-state index >= 15 is 0 Å². The molecule has 0 aromatic heterocycles. The molecule has 2 rings (SSSR count). The van der Waals surface area contributed by atoms with E-state index in [1.807, 2.05) is 0 Å². The number of hydrogen-bond donors (Lipinski definition) is 1. The van der Waals surface area contributed by atoms with E-state index in [0.717, 1.165) is 5.92 Å². The molecule has 2 aliphatic heterocycles. The van der Waals surface area contributed by atoms with Crippen molar-refractivity contribution < 1.29 is 0 Å². The Balaban J connectivity index is 2.07. The van der Waals surface area contributed by atoms with E-state index in [4.69, 9.17) is 0 Å². The lowest BCUT2D eigenvalue weighted by molar-refractivity contribution is 0.131. The van der Waals surface area contributed by atoms with Crippen LogP contribution >= 0.6 is 0 Å². The second kappa shape index (κ2) is 3.00. The van der Waals surface area contributed by atoms with Gasteiger partial charge in [-0.15, -0.1) is 0 Å². The van der Waals surface area contributed by atoms with Crippen molar-refractivity contribution in [3.05, 3.63) is 0 Å². The third kappa shape index (κ3) is 1.27. The third-order valence-electron chi connectivity index (χ3n) is 3.87. The van der Waals surface area contributed by atoms with Crippen LogP contribution < -0.4 is 5.32 Å². The summed E-state index contributed by atoms with van der Waals surface area (Å²) in [5, 5.41) is 3.48. The Morgan fingerprint density at radius 1 is 1.42 bits per heavy atom. The van der Waals surface area contributed by atoms with Gasteiger partial charge in [-0.3, -0.25) is 0 Å². The molecule has 12 heavy (non-hydrogen) atoms. The number of hydrogen-bond acceptors (Lipinski definition) is 2. The van der Waals surface area contributed by atoms with E-state index in [2.05, 4.69) is 24.2 Å². The average molecular weight is 168 g/mol. The molecular formula is C10H20N2. The lowest BCUT2D eigenvalue weighted by atomic mass is 9.71. The van der Waals surface area contributed by atoms with E-state index in [1.54, 1.807) is 0 Å². The van der Waals surface area contributed by atoms with Crippen LogP contribution in [0.1, 0.15) is 19.8 Å². The summed E-state index contributed by atoms with van der Waals surface area (Å²) in [7, 11) is 2.25. The highest BCUT2D eigenvalue weighted by molar-refractivity contribution is 4.95. The van der Waals surface area contributed by atoms with Crippen LogP contribution in [0.25, 0.3) is 0 Å². The molecular weight excluding hydrogens is 148 g/mol. The van der Waals surface area contributed by atoms with E-state index in [0.29, 0.717) is 5.41 Å². The fourth-order valence-corrected chi connectivity index (χ4v) is 2.83. The zero-order chi connectivity index (χ0) is 8.60. The van der Waals surface area contributed by atoms with Crippen molar-refractivity contribution in [2.45, 2.75) is 19.8 Å². The van der Waals surface area contributed by atoms with Crippen LogP contribution in [0, 0.1) is 11.3 Å². The Kier molecular flexibility index (Phi) is 2.13. The van der Waals surface area contributed by atoms with Gasteiger partial charge in [-0.05, 0) is 50.9 Å². The van der Waals surface area contributed by atoms with Gasteiger partial charge in [-0.2, -0.15) is 0 Å². The molecule has 2 nitrogen and oxygen atoms in total. The number of likely N-dealkylation sites (tertiary alicyclic amines) is 1. The summed E-state index contributed by atoms with van der Waals surface area (Å²) in [6, 6.07) is 0. The van der Waals surface area contributed by atoms with Crippen molar-refractivity contribution in [1.82, 2.24) is 10.2 Å². The van der Waals surface area contributed by atoms with Gasteiger partial charge in [-0.1, -0.05) is 6.92 Å². The SMILES string of the molecule is CC1CNCCC12CCN(C)C2. The molecule has 2 fully saturated rings. The highest BCUT2D eigenvalue weighted by Gasteiger charge is 2.42. The maximum atomic E-state index is 3.48. The molecule has 2 atom stereocenters. The van der Waals surface area contributed by atoms with Gasteiger partial charge in [0.15, 0.2) is 0 Å². The first-order chi connectivity index (χ1) is 5.73. The van der Waals surface area contributed by atoms with Crippen molar-refractivity contribution in [2.24, 2.45) is 11.3 Å². The molecule has 2 heteroatoms. The molecule has 2 heterocycles. The highest BCUT2D eigenvalue weighted by atomic mass is 15.1. The zero-order valence-electron chi connectivity index (χ0n) is 8.27. The fourth-order valence-electron chi connectivity index (χ4n) is 2.83. The van der Waals surface area contributed by atoms with E-state index in [-0.39, 0.29) is 0 Å². The van der Waals surface area contributed by atoms with Gasteiger partial charge in [0, 0.05) is 6.54 Å². The summed E-state index contributed by atoms with van der Waals surface area (Å²) < 4.78 is 0. The molecule has 0 aromatic carbocycles. The molecule has 0 aliphatic carbocycles. The quantitative estimate of drug-likeness (QED) is 0.579. The molecule has 2 saturated heterocycles. The van der Waals surface area contributed by atoms with Crippen LogP contribution in [0.3, 0.4) is 0 Å². The van der Waals surface area contributed by atoms with Gasteiger partial charge >= 0.3 is 0 Å². The smallest absolute Gasteiger partial charge is 0.00389 e. The predicted octanol–water partition coefficient (Wildman–Crippen LogP) is 0.938. The van der Waals surface area contributed by atoms with E-state index in [9.17, 15) is 0 Å². The van der Waals surface area contributed by atoms with Crippen molar-refractivity contribution in [2.75, 3.05) is 33.2 Å². The molecule has 2 unspecified atom stereocenters. The van der Waals surface area contributed by atoms with Gasteiger partial charge in [-0.25, -0.2) is 0 Å². The largest absolute Gasteiger partial charge is 0.316 e. The first-order valence-electron chi connectivity index (χ1n) is 5.12. The lowest BCUT2D eigenvalue weighted by Gasteiger charge is -2.39. The number of nitrogens with zero attached hydrogens (tertiary/aromatic N) is 1. The van der Waals surface area contributed by atoms with Gasteiger partial charge in [0.05, 0.1) is 0 Å². The van der Waals surface area contributed by atoms with E-state index in [1.165, 1.54) is 39.0 Å². The summed E-state index contributed by atoms with van der Waals surface area (Å²) in [5.74, 6) is 0.871. The average Bonchev–Trinajstić information content (AvgIpc) is 2.41. The minimum Gasteiger partial charge on any atom is -0.316 e. The number of nitrogens with one attached hydrogen (secondary N) is 1. The third-order valence-corrected chi connectivity index (χ3v) is 3.87. The van der Waals surface area contributed by atoms with Crippen LogP contribution in [-0.4, -0.2) is 38.1 Å². The number of rotatable bonds is 0. The standard InChI is InChI=1S/C10H20N2/c1-9-7-11-5-3-10(9)4-6-12(2)8-10/h9,11H,3-8H2,1-2H3. The summed E-state index contributed by atoms with van der Waals surface area (Å²) in [6.45, 7) is 7.51. The van der Waals surface area contributed by atoms with Crippen molar-refractivity contribution in [3.8, 4) is 0 Å². The zero-order valence-corrected chi connectivity index (χ0v) is 8.27. The Bertz CT molecular complexity index is 165. The van der Waals surface area contributed by atoms with Gasteiger partial charge < -0.3 is 10.2 Å². The van der Waals surface area contributed by atoms with Crippen molar-refractivity contribution in [1.29, 1.82) is 0 Å². The fraction of sp³-hybridized carbons (Fsp3) is 1.00. The Labute approximate surface area is 75.3 Å². The Morgan fingerprint density at radius 3 is 2.83 bits per heavy atom. The molecule has 0 amide bonds. The van der Waals surface area contributed by atoms with Crippen molar-refractivity contribution >= 4 is 0 Å². The molecule has 70 valence electrons. The molecule has 0 aromatic rings. The molecule has 1 spiro atoms. The summed E-state index contributed by atoms with van der Waals surface area (Å²) in [5.41, 5.74) is 0.667. The van der Waals surface area contributed by atoms with Crippen LogP contribution in [0.4, 0.5) is 0 Å². The summed E-state index contributed by atoms with van der Waals surface area (Å²) in [4.78, 5) is 2.49.